The summed E-state index contributed by atoms with van der Waals surface area (Å²) in [5, 5.41) is 24.8. The molecule has 1 aromatic carbocycles. The van der Waals surface area contributed by atoms with Gasteiger partial charge in [-0.3, -0.25) is 5.10 Å². The lowest BCUT2D eigenvalue weighted by molar-refractivity contribution is 0.350. The molecule has 1 fully saturated rings. The van der Waals surface area contributed by atoms with Gasteiger partial charge in [0.1, 0.15) is 17.9 Å². The lowest BCUT2D eigenvalue weighted by atomic mass is 10.1. The Kier molecular flexibility index (Phi) is 4.12. The molecule has 142 valence electrons. The quantitative estimate of drug-likeness (QED) is 0.485. The Hall–Kier alpha value is -3.49. The van der Waals surface area contributed by atoms with Crippen LogP contribution in [0.2, 0.25) is 0 Å². The number of hydrogen-bond donors (Lipinski definition) is 3. The molecule has 4 aromatic rings. The predicted molar refractivity (Wildman–Crippen MR) is 101 cm³/mol. The summed E-state index contributed by atoms with van der Waals surface area (Å²) < 4.78 is 5.52. The number of aromatic nitrogens is 6. The molecule has 0 saturated heterocycles. The first-order valence-electron chi connectivity index (χ1n) is 9.25. The molecule has 0 radical (unpaired) electrons. The number of nitrogens with one attached hydrogen (secondary N) is 2. The van der Waals surface area contributed by atoms with Gasteiger partial charge in [-0.25, -0.2) is 9.97 Å². The maximum atomic E-state index is 9.38. The molecule has 0 amide bonds. The smallest absolute Gasteiger partial charge is 0.229 e. The first-order chi connectivity index (χ1) is 13.7. The third-order valence-corrected chi connectivity index (χ3v) is 5.15. The first kappa shape index (κ1) is 16.7. The SMILES string of the molecule is Oc1ccc(Cc2noc([C@H]3CC[C@H](Nc4ncnc5[nH]ncc45)C3)n2)cc1. The van der Waals surface area contributed by atoms with Crippen molar-refractivity contribution in [1.82, 2.24) is 30.3 Å². The molecule has 1 aliphatic carbocycles. The molecule has 0 spiro atoms. The van der Waals surface area contributed by atoms with Gasteiger partial charge in [0.2, 0.25) is 5.89 Å². The number of aromatic amines is 1. The Bertz CT molecular complexity index is 1090. The summed E-state index contributed by atoms with van der Waals surface area (Å²) >= 11 is 0. The van der Waals surface area contributed by atoms with Crippen LogP contribution in [0.1, 0.15) is 42.5 Å². The number of anilines is 1. The molecule has 0 aliphatic heterocycles. The zero-order chi connectivity index (χ0) is 18.9. The van der Waals surface area contributed by atoms with Gasteiger partial charge in [0.25, 0.3) is 0 Å². The van der Waals surface area contributed by atoms with Gasteiger partial charge in [-0.05, 0) is 37.0 Å². The molecule has 9 nitrogen and oxygen atoms in total. The highest BCUT2D eigenvalue weighted by Gasteiger charge is 2.30. The van der Waals surface area contributed by atoms with E-state index in [4.69, 9.17) is 4.52 Å². The van der Waals surface area contributed by atoms with E-state index in [1.54, 1.807) is 18.3 Å². The predicted octanol–water partition coefficient (Wildman–Crippen LogP) is 2.78. The largest absolute Gasteiger partial charge is 0.508 e. The molecule has 0 unspecified atom stereocenters. The van der Waals surface area contributed by atoms with Gasteiger partial charge in [-0.1, -0.05) is 17.3 Å². The van der Waals surface area contributed by atoms with Crippen LogP contribution in [0, 0.1) is 0 Å². The van der Waals surface area contributed by atoms with Gasteiger partial charge >= 0.3 is 0 Å². The average molecular weight is 377 g/mol. The van der Waals surface area contributed by atoms with Gasteiger partial charge < -0.3 is 14.9 Å². The molecule has 9 heteroatoms. The lowest BCUT2D eigenvalue weighted by Gasteiger charge is -2.13. The highest BCUT2D eigenvalue weighted by Crippen LogP contribution is 2.35. The number of phenolic OH excluding ortho intramolecular Hbond substituents is 1. The molecule has 1 saturated carbocycles. The van der Waals surface area contributed by atoms with Crippen LogP contribution in [0.5, 0.6) is 5.75 Å². The first-order valence-corrected chi connectivity index (χ1v) is 9.25. The summed E-state index contributed by atoms with van der Waals surface area (Å²) in [5.74, 6) is 2.63. The van der Waals surface area contributed by atoms with Crippen LogP contribution in [0.3, 0.4) is 0 Å². The van der Waals surface area contributed by atoms with Crippen LogP contribution in [0.15, 0.2) is 41.3 Å². The highest BCUT2D eigenvalue weighted by atomic mass is 16.5. The molecule has 3 N–H and O–H groups in total. The number of benzene rings is 1. The number of rotatable bonds is 5. The fraction of sp³-hybridized carbons (Fsp3) is 0.316. The summed E-state index contributed by atoms with van der Waals surface area (Å²) in [6.45, 7) is 0. The molecule has 0 bridgehead atoms. The van der Waals surface area contributed by atoms with Gasteiger partial charge in [-0.2, -0.15) is 10.1 Å². The standard InChI is InChI=1S/C19H19N7O2/c27-14-5-1-11(2-6-14)7-16-24-19(28-26-16)12-3-4-13(8-12)23-17-15-9-22-25-18(15)21-10-20-17/h1-2,5-6,9-10,12-13,27H,3-4,7-8H2,(H2,20,21,22,23,25)/t12-,13-/m0/s1. The summed E-state index contributed by atoms with van der Waals surface area (Å²) in [5.41, 5.74) is 1.76. The van der Waals surface area contributed by atoms with Crippen molar-refractivity contribution in [3.63, 3.8) is 0 Å². The maximum absolute atomic E-state index is 9.38. The van der Waals surface area contributed by atoms with E-state index >= 15 is 0 Å². The van der Waals surface area contributed by atoms with Gasteiger partial charge in [-0.15, -0.1) is 0 Å². The Balaban J connectivity index is 1.24. The summed E-state index contributed by atoms with van der Waals surface area (Å²) in [6, 6.07) is 7.32. The van der Waals surface area contributed by atoms with E-state index in [1.807, 2.05) is 12.1 Å². The lowest BCUT2D eigenvalue weighted by Crippen LogP contribution is -2.16. The Morgan fingerprint density at radius 1 is 1.18 bits per heavy atom. The van der Waals surface area contributed by atoms with E-state index in [0.29, 0.717) is 18.1 Å². The van der Waals surface area contributed by atoms with Crippen LogP contribution >= 0.6 is 0 Å². The summed E-state index contributed by atoms with van der Waals surface area (Å²) in [4.78, 5) is 13.1. The fourth-order valence-electron chi connectivity index (χ4n) is 3.71. The van der Waals surface area contributed by atoms with Crippen LogP contribution in [-0.2, 0) is 6.42 Å². The van der Waals surface area contributed by atoms with E-state index in [-0.39, 0.29) is 17.7 Å². The Morgan fingerprint density at radius 3 is 2.96 bits per heavy atom. The third-order valence-electron chi connectivity index (χ3n) is 5.15. The second-order valence-electron chi connectivity index (χ2n) is 7.10. The van der Waals surface area contributed by atoms with Crippen LogP contribution in [0.25, 0.3) is 11.0 Å². The van der Waals surface area contributed by atoms with Crippen molar-refractivity contribution in [2.75, 3.05) is 5.32 Å². The molecule has 2 atom stereocenters. The summed E-state index contributed by atoms with van der Waals surface area (Å²) in [6.07, 6.45) is 6.74. The van der Waals surface area contributed by atoms with Gasteiger partial charge in [0.05, 0.1) is 11.6 Å². The Labute approximate surface area is 160 Å². The summed E-state index contributed by atoms with van der Waals surface area (Å²) in [7, 11) is 0. The molecule has 5 rings (SSSR count). The second kappa shape index (κ2) is 6.91. The Morgan fingerprint density at radius 2 is 2.07 bits per heavy atom. The van der Waals surface area contributed by atoms with Crippen LogP contribution in [-0.4, -0.2) is 41.5 Å². The number of hydrogen-bond acceptors (Lipinski definition) is 8. The zero-order valence-corrected chi connectivity index (χ0v) is 15.0. The fourth-order valence-corrected chi connectivity index (χ4v) is 3.71. The van der Waals surface area contributed by atoms with Crippen molar-refractivity contribution < 1.29 is 9.63 Å². The van der Waals surface area contributed by atoms with Crippen molar-refractivity contribution in [2.24, 2.45) is 0 Å². The molecule has 28 heavy (non-hydrogen) atoms. The number of aromatic hydroxyl groups is 1. The van der Waals surface area contributed by atoms with Crippen molar-refractivity contribution >= 4 is 16.9 Å². The number of fused-ring (bicyclic) bond motifs is 1. The second-order valence-corrected chi connectivity index (χ2v) is 7.10. The maximum Gasteiger partial charge on any atom is 0.229 e. The van der Waals surface area contributed by atoms with E-state index in [0.717, 1.165) is 41.7 Å². The molecule has 1 aliphatic rings. The normalized spacial score (nSPS) is 19.3. The van der Waals surface area contributed by atoms with Gasteiger partial charge in [0, 0.05) is 18.4 Å². The monoisotopic (exact) mass is 377 g/mol. The topological polar surface area (TPSA) is 126 Å². The van der Waals surface area contributed by atoms with Crippen molar-refractivity contribution in [3.8, 4) is 5.75 Å². The van der Waals surface area contributed by atoms with E-state index in [2.05, 4.69) is 35.6 Å². The highest BCUT2D eigenvalue weighted by molar-refractivity contribution is 5.85. The van der Waals surface area contributed by atoms with Crippen LogP contribution < -0.4 is 5.32 Å². The van der Waals surface area contributed by atoms with Crippen molar-refractivity contribution in [2.45, 2.75) is 37.6 Å². The number of nitrogens with zero attached hydrogens (tertiary/aromatic N) is 5. The van der Waals surface area contributed by atoms with Crippen LogP contribution in [0.4, 0.5) is 5.82 Å². The minimum atomic E-state index is 0.236. The van der Waals surface area contributed by atoms with Crippen molar-refractivity contribution in [3.05, 3.63) is 54.1 Å². The number of phenols is 1. The zero-order valence-electron chi connectivity index (χ0n) is 15.0. The third kappa shape index (κ3) is 3.26. The minimum Gasteiger partial charge on any atom is -0.508 e. The molecular weight excluding hydrogens is 358 g/mol. The number of H-pyrrole nitrogens is 1. The van der Waals surface area contributed by atoms with E-state index in [9.17, 15) is 5.11 Å². The van der Waals surface area contributed by atoms with E-state index in [1.165, 1.54) is 6.33 Å². The average Bonchev–Trinajstić information content (AvgIpc) is 3.44. The minimum absolute atomic E-state index is 0.236. The molecule has 3 aromatic heterocycles. The van der Waals surface area contributed by atoms with Crippen molar-refractivity contribution in [1.29, 1.82) is 0 Å². The van der Waals surface area contributed by atoms with Gasteiger partial charge in [0.15, 0.2) is 11.5 Å². The van der Waals surface area contributed by atoms with E-state index < -0.39 is 0 Å². The molecule has 3 heterocycles. The molecular formula is C19H19N7O2.